The number of aromatic nitrogens is 5. The van der Waals surface area contributed by atoms with Crippen LogP contribution in [0.5, 0.6) is 6.01 Å². The highest BCUT2D eigenvalue weighted by atomic mass is 19.1. The molecule has 2 N–H and O–H groups in total. The van der Waals surface area contributed by atoms with Crippen LogP contribution in [0.2, 0.25) is 0 Å². The molecule has 1 amide bonds. The maximum absolute atomic E-state index is 11.8. The first-order valence-corrected chi connectivity index (χ1v) is 14.4. The Labute approximate surface area is 268 Å². The molecule has 0 aliphatic carbocycles. The van der Waals surface area contributed by atoms with Gasteiger partial charge in [-0.1, -0.05) is 24.3 Å². The van der Waals surface area contributed by atoms with Crippen molar-refractivity contribution >= 4 is 12.2 Å². The van der Waals surface area contributed by atoms with Crippen molar-refractivity contribution in [1.82, 2.24) is 35.1 Å². The van der Waals surface area contributed by atoms with Crippen molar-refractivity contribution < 1.29 is 28.2 Å². The zero-order chi connectivity index (χ0) is 33.1. The van der Waals surface area contributed by atoms with Crippen molar-refractivity contribution in [3.63, 3.8) is 0 Å². The van der Waals surface area contributed by atoms with Crippen LogP contribution in [0.4, 0.5) is 10.2 Å². The number of methoxy groups -OCH3 is 1. The molecule has 5 heterocycles. The Bertz CT molecular complexity index is 1450. The number of carbonyl (C=O) groups excluding carboxylic acids is 1. The van der Waals surface area contributed by atoms with Crippen molar-refractivity contribution in [1.29, 1.82) is 0 Å². The maximum atomic E-state index is 11.8. The number of hydroxylamine groups is 2. The number of anilines is 1. The summed E-state index contributed by atoms with van der Waals surface area (Å²) < 4.78 is 29.3. The van der Waals surface area contributed by atoms with Crippen molar-refractivity contribution in [3.05, 3.63) is 78.6 Å². The first-order chi connectivity index (χ1) is 22.5. The van der Waals surface area contributed by atoms with Crippen LogP contribution in [0.3, 0.4) is 0 Å². The van der Waals surface area contributed by atoms with E-state index in [2.05, 4.69) is 38.4 Å². The van der Waals surface area contributed by atoms with Crippen LogP contribution in [0.15, 0.2) is 67.1 Å². The predicted octanol–water partition coefficient (Wildman–Crippen LogP) is 2.92. The van der Waals surface area contributed by atoms with E-state index >= 15 is 0 Å². The molecule has 2 saturated heterocycles. The summed E-state index contributed by atoms with van der Waals surface area (Å²) in [5, 5.41) is 12.4. The molecular weight excluding hydrogens is 595 g/mol. The van der Waals surface area contributed by atoms with E-state index in [1.165, 1.54) is 12.3 Å². The van der Waals surface area contributed by atoms with E-state index in [4.69, 9.17) is 24.1 Å². The van der Waals surface area contributed by atoms with Gasteiger partial charge in [-0.3, -0.25) is 9.63 Å². The quantitative estimate of drug-likeness (QED) is 0.151. The molecule has 46 heavy (non-hydrogen) atoms. The number of ether oxygens (including phenoxy) is 3. The normalized spacial score (nSPS) is 15.4. The number of pyridine rings is 1. The van der Waals surface area contributed by atoms with Crippen LogP contribution in [-0.2, 0) is 19.1 Å². The zero-order valence-corrected chi connectivity index (χ0v) is 26.1. The Balaban J connectivity index is 0.000000227. The van der Waals surface area contributed by atoms with Gasteiger partial charge in [0.15, 0.2) is 0 Å². The smallest absolute Gasteiger partial charge is 0.316 e. The topological polar surface area (TPSA) is 138 Å². The van der Waals surface area contributed by atoms with Gasteiger partial charge in [0, 0.05) is 57.0 Å². The summed E-state index contributed by atoms with van der Waals surface area (Å²) in [5.74, 6) is 0.510. The summed E-state index contributed by atoms with van der Waals surface area (Å²) in [6, 6.07) is 15.1. The molecule has 2 aliphatic rings. The summed E-state index contributed by atoms with van der Waals surface area (Å²) in [5.41, 5.74) is 3.72. The van der Waals surface area contributed by atoms with Gasteiger partial charge in [0.05, 0.1) is 38.2 Å². The third-order valence-electron chi connectivity index (χ3n) is 6.50. The highest BCUT2D eigenvalue weighted by Crippen LogP contribution is 2.29. The van der Waals surface area contributed by atoms with E-state index in [1.807, 2.05) is 49.0 Å². The van der Waals surface area contributed by atoms with Gasteiger partial charge in [-0.15, -0.1) is 12.8 Å². The molecule has 0 bridgehead atoms. The Hall–Kier alpha value is -4.94. The predicted molar refractivity (Wildman–Crippen MR) is 171 cm³/mol. The van der Waals surface area contributed by atoms with E-state index in [0.29, 0.717) is 38.8 Å². The highest BCUT2D eigenvalue weighted by molar-refractivity contribution is 5.69. The van der Waals surface area contributed by atoms with E-state index in [0.717, 1.165) is 41.4 Å². The Morgan fingerprint density at radius 3 is 2.33 bits per heavy atom. The van der Waals surface area contributed by atoms with Gasteiger partial charge in [0.25, 0.3) is 0 Å². The fourth-order valence-electron chi connectivity index (χ4n) is 4.18. The monoisotopic (exact) mass is 634 g/mol. The number of hydrogen-bond acceptors (Lipinski definition) is 11. The number of carbonyl (C=O) groups is 1. The average Bonchev–Trinajstić information content (AvgIpc) is 3.68. The molecule has 1 atom stereocenters. The second-order valence-corrected chi connectivity index (χ2v) is 9.66. The molecule has 6 rings (SSSR count). The molecule has 2 fully saturated rings. The molecule has 0 radical (unpaired) electrons. The van der Waals surface area contributed by atoms with Crippen LogP contribution in [0, 0.1) is 25.7 Å². The fraction of sp³-hybridized carbons (Fsp3) is 0.344. The van der Waals surface area contributed by atoms with Crippen LogP contribution in [0.1, 0.15) is 5.56 Å². The molecule has 2 aliphatic heterocycles. The van der Waals surface area contributed by atoms with Crippen molar-refractivity contribution in [2.24, 2.45) is 0 Å². The van der Waals surface area contributed by atoms with Gasteiger partial charge in [-0.05, 0) is 31.2 Å². The lowest BCUT2D eigenvalue weighted by Crippen LogP contribution is -2.38. The lowest BCUT2D eigenvalue weighted by molar-refractivity contribution is -0.118. The average molecular weight is 635 g/mol. The van der Waals surface area contributed by atoms with E-state index < -0.39 is 5.95 Å². The molecule has 3 aromatic heterocycles. The van der Waals surface area contributed by atoms with Gasteiger partial charge >= 0.3 is 6.01 Å². The SMILES string of the molecule is C#C.CNc1c(C)c(-c2cnc(OC3COC3)nc2)nn1-c1ccccc1.COCCN1C[C@@H](NC=O)CO1.Fc1ccccn1. The van der Waals surface area contributed by atoms with Gasteiger partial charge in [-0.2, -0.15) is 14.6 Å². The number of benzene rings is 1. The number of para-hydroxylation sites is 1. The van der Waals surface area contributed by atoms with Crippen LogP contribution < -0.4 is 15.4 Å². The van der Waals surface area contributed by atoms with Crippen molar-refractivity contribution in [3.8, 4) is 35.8 Å². The molecule has 13 nitrogen and oxygen atoms in total. The Kier molecular flexibility index (Phi) is 15.0. The lowest BCUT2D eigenvalue weighted by atomic mass is 10.1. The molecule has 244 valence electrons. The van der Waals surface area contributed by atoms with Crippen molar-refractivity contribution in [2.45, 2.75) is 19.1 Å². The fourth-order valence-corrected chi connectivity index (χ4v) is 4.18. The third-order valence-corrected chi connectivity index (χ3v) is 6.50. The summed E-state index contributed by atoms with van der Waals surface area (Å²) >= 11 is 0. The van der Waals surface area contributed by atoms with Gasteiger partial charge in [0.2, 0.25) is 12.4 Å². The molecular formula is C32H39FN8O5. The first kappa shape index (κ1) is 35.5. The summed E-state index contributed by atoms with van der Waals surface area (Å²) in [6.45, 7) is 5.91. The second kappa shape index (κ2) is 19.4. The lowest BCUT2D eigenvalue weighted by Gasteiger charge is -2.25. The molecule has 14 heteroatoms. The molecule has 0 spiro atoms. The molecule has 1 aromatic carbocycles. The largest absolute Gasteiger partial charge is 0.455 e. The maximum Gasteiger partial charge on any atom is 0.316 e. The molecule has 0 saturated carbocycles. The minimum atomic E-state index is -0.428. The molecule has 0 unspecified atom stereocenters. The standard InChI is InChI=1S/C18H19N5O2.C7H14N2O3.C5H4FN.C2H2/c1-12-16(13-8-20-18(21-9-13)25-15-10-24-11-15)22-23(17(12)19-2)14-6-4-3-5-7-14;1-11-3-2-9-4-7(5-12-9)8-6-10;6-5-3-1-2-4-7-5;1-2/h3-9,15,19H,10-11H2,1-2H3;6-7H,2-5H2,1H3,(H,8,10);1-4H;1-2H/t;7-;;/m.1../s1. The number of hydrogen-bond donors (Lipinski definition) is 2. The number of halogens is 1. The van der Waals surface area contributed by atoms with Crippen LogP contribution in [0.25, 0.3) is 16.9 Å². The van der Waals surface area contributed by atoms with E-state index in [-0.39, 0.29) is 12.1 Å². The number of terminal acetylenes is 1. The van der Waals surface area contributed by atoms with Gasteiger partial charge in [0.1, 0.15) is 17.6 Å². The minimum Gasteiger partial charge on any atom is -0.455 e. The number of nitrogens with zero attached hydrogens (tertiary/aromatic N) is 6. The highest BCUT2D eigenvalue weighted by Gasteiger charge is 2.23. The van der Waals surface area contributed by atoms with E-state index in [9.17, 15) is 9.18 Å². The number of nitrogens with one attached hydrogen (secondary N) is 2. The second-order valence-electron chi connectivity index (χ2n) is 9.66. The summed E-state index contributed by atoms with van der Waals surface area (Å²) in [7, 11) is 3.54. The van der Waals surface area contributed by atoms with E-state index in [1.54, 1.807) is 36.7 Å². The summed E-state index contributed by atoms with van der Waals surface area (Å²) in [4.78, 5) is 27.2. The van der Waals surface area contributed by atoms with Gasteiger partial charge in [-0.25, -0.2) is 19.6 Å². The summed E-state index contributed by atoms with van der Waals surface area (Å²) in [6.07, 6.45) is 13.7. The Morgan fingerprint density at radius 2 is 1.78 bits per heavy atom. The number of amides is 1. The van der Waals surface area contributed by atoms with Crippen molar-refractivity contribution in [2.75, 3.05) is 59.0 Å². The zero-order valence-electron chi connectivity index (χ0n) is 26.1. The third kappa shape index (κ3) is 10.6. The van der Waals surface area contributed by atoms with Crippen LogP contribution in [-0.4, -0.2) is 102 Å². The number of rotatable bonds is 10. The molecule has 4 aromatic rings. The Morgan fingerprint density at radius 1 is 1.07 bits per heavy atom. The first-order valence-electron chi connectivity index (χ1n) is 14.4. The van der Waals surface area contributed by atoms with Gasteiger partial charge < -0.3 is 24.8 Å². The minimum absolute atomic E-state index is 0.0563. The van der Waals surface area contributed by atoms with Crippen LogP contribution >= 0.6 is 0 Å².